The maximum atomic E-state index is 11.5. The molecule has 18 heteroatoms. The SMILES string of the molecule is CCCCC(Br)C(=O)OC.CCCCC(Sc1n[nH]c(=S)s1)C(=O)OC.CCN(CC)CC.S=c1[nH][nH]c(=S)s1.[I-].[Na+]. The van der Waals surface area contributed by atoms with Gasteiger partial charge in [-0.05, 0) is 69.1 Å². The van der Waals surface area contributed by atoms with Crippen molar-refractivity contribution in [2.24, 2.45) is 0 Å². The van der Waals surface area contributed by atoms with Crippen molar-refractivity contribution in [3.63, 3.8) is 0 Å². The van der Waals surface area contributed by atoms with Crippen molar-refractivity contribution >= 4 is 99.0 Å². The summed E-state index contributed by atoms with van der Waals surface area (Å²) in [5.41, 5.74) is 0. The third-order valence-electron chi connectivity index (χ3n) is 5.01. The molecule has 0 fully saturated rings. The molecule has 0 radical (unpaired) electrons. The molecule has 0 aliphatic carbocycles. The Hall–Kier alpha value is 1.24. The van der Waals surface area contributed by atoms with Crippen molar-refractivity contribution in [2.75, 3.05) is 33.9 Å². The Morgan fingerprint density at radius 2 is 1.36 bits per heavy atom. The zero-order valence-corrected chi connectivity index (χ0v) is 36.4. The van der Waals surface area contributed by atoms with Crippen LogP contribution in [0, 0.1) is 11.9 Å². The van der Waals surface area contributed by atoms with E-state index in [1.807, 2.05) is 0 Å². The minimum atomic E-state index is -0.195. The number of methoxy groups -OCH3 is 2. The smallest absolute Gasteiger partial charge is 1.00 e. The fourth-order valence-corrected chi connectivity index (χ4v) is 6.71. The van der Waals surface area contributed by atoms with Crippen molar-refractivity contribution in [3.05, 3.63) is 11.9 Å². The van der Waals surface area contributed by atoms with Gasteiger partial charge in [0.05, 0.1) is 14.2 Å². The van der Waals surface area contributed by atoms with Crippen LogP contribution in [0.5, 0.6) is 0 Å². The van der Waals surface area contributed by atoms with Crippen LogP contribution in [-0.2, 0) is 19.1 Å². The number of alkyl halides is 1. The first-order chi connectivity index (χ1) is 19.0. The van der Waals surface area contributed by atoms with Gasteiger partial charge in [0.15, 0.2) is 16.2 Å². The average molecular weight is 889 g/mol. The van der Waals surface area contributed by atoms with Gasteiger partial charge in [-0.15, -0.1) is 0 Å². The van der Waals surface area contributed by atoms with Crippen LogP contribution in [0.25, 0.3) is 0 Å². The first-order valence-electron chi connectivity index (χ1n) is 13.0. The maximum Gasteiger partial charge on any atom is 1.00 e. The number of hydrogen-bond donors (Lipinski definition) is 3. The zero-order valence-electron chi connectivity index (χ0n) is 25.8. The molecule has 2 aromatic heterocycles. The number of hydrogen-bond acceptors (Lipinski definition) is 12. The fraction of sp³-hybridized carbons (Fsp3) is 0.750. The first kappa shape index (κ1) is 50.1. The van der Waals surface area contributed by atoms with Crippen LogP contribution >= 0.6 is 87.0 Å². The summed E-state index contributed by atoms with van der Waals surface area (Å²) in [6.07, 6.45) is 5.90. The van der Waals surface area contributed by atoms with E-state index in [1.54, 1.807) is 0 Å². The normalized spacial score (nSPS) is 11.0. The Morgan fingerprint density at radius 1 is 0.881 bits per heavy atom. The monoisotopic (exact) mass is 887 g/mol. The largest absolute Gasteiger partial charge is 1.00 e. The van der Waals surface area contributed by atoms with Crippen molar-refractivity contribution in [3.8, 4) is 0 Å². The van der Waals surface area contributed by atoms with Crippen LogP contribution < -0.4 is 53.5 Å². The van der Waals surface area contributed by atoms with Crippen LogP contribution in [0.15, 0.2) is 4.34 Å². The van der Waals surface area contributed by atoms with E-state index >= 15 is 0 Å². The number of thioether (sulfide) groups is 1. The van der Waals surface area contributed by atoms with Gasteiger partial charge in [-0.25, -0.2) is 0 Å². The number of H-pyrrole nitrogens is 3. The number of aromatic amines is 3. The van der Waals surface area contributed by atoms with Crippen LogP contribution in [0.4, 0.5) is 0 Å². The summed E-state index contributed by atoms with van der Waals surface area (Å²) < 4.78 is 12.1. The van der Waals surface area contributed by atoms with Crippen LogP contribution in [-0.4, -0.2) is 81.2 Å². The molecule has 0 aliphatic heterocycles. The molecule has 42 heavy (non-hydrogen) atoms. The minimum absolute atomic E-state index is 0. The fourth-order valence-electron chi connectivity index (χ4n) is 2.67. The number of ether oxygens (including phenoxy) is 2. The van der Waals surface area contributed by atoms with E-state index in [0.717, 1.165) is 42.9 Å². The number of carbonyl (C=O) groups is 2. The summed E-state index contributed by atoms with van der Waals surface area (Å²) in [4.78, 5) is 24.5. The quantitative estimate of drug-likeness (QED) is 0.0693. The van der Waals surface area contributed by atoms with E-state index in [2.05, 4.69) is 80.6 Å². The molecule has 0 amide bonds. The van der Waals surface area contributed by atoms with Gasteiger partial charge in [-0.2, -0.15) is 5.10 Å². The molecule has 2 unspecified atom stereocenters. The molecule has 0 saturated heterocycles. The zero-order chi connectivity index (χ0) is 30.9. The van der Waals surface area contributed by atoms with Gasteiger partial charge in [0.2, 0.25) is 0 Å². The second-order valence-corrected chi connectivity index (χ2v) is 14.4. The Balaban J connectivity index is -0.000000241. The molecule has 9 nitrogen and oxygen atoms in total. The summed E-state index contributed by atoms with van der Waals surface area (Å²) in [6.45, 7) is 14.3. The molecule has 2 aromatic rings. The number of carbonyl (C=O) groups excluding carboxylic acids is 2. The molecule has 0 saturated carbocycles. The second kappa shape index (κ2) is 33.6. The van der Waals surface area contributed by atoms with E-state index < -0.39 is 0 Å². The molecule has 0 aromatic carbocycles. The van der Waals surface area contributed by atoms with Crippen molar-refractivity contribution in [2.45, 2.75) is 87.6 Å². The van der Waals surface area contributed by atoms with E-state index in [0.29, 0.717) is 11.9 Å². The molecule has 3 N–H and O–H groups in total. The first-order valence-corrected chi connectivity index (χ1v) is 17.7. The number of unbranched alkanes of at least 4 members (excludes halogenated alkanes) is 2. The molecule has 2 heterocycles. The predicted octanol–water partition coefficient (Wildman–Crippen LogP) is 2.36. The van der Waals surface area contributed by atoms with Crippen molar-refractivity contribution < 1.29 is 72.6 Å². The number of halogens is 2. The number of aromatic nitrogens is 4. The van der Waals surface area contributed by atoms with Gasteiger partial charge in [0, 0.05) is 0 Å². The molecule has 2 rings (SSSR count). The van der Waals surface area contributed by atoms with E-state index in [9.17, 15) is 9.59 Å². The van der Waals surface area contributed by atoms with Gasteiger partial charge in [0.1, 0.15) is 10.1 Å². The van der Waals surface area contributed by atoms with E-state index in [1.165, 1.54) is 68.3 Å². The summed E-state index contributed by atoms with van der Waals surface area (Å²) in [6, 6.07) is 0. The van der Waals surface area contributed by atoms with Gasteiger partial charge < -0.3 is 38.4 Å². The third kappa shape index (κ3) is 27.5. The third-order valence-corrected chi connectivity index (χ3v) is 9.55. The van der Waals surface area contributed by atoms with Gasteiger partial charge in [-0.3, -0.25) is 24.9 Å². The molecule has 0 spiro atoms. The van der Waals surface area contributed by atoms with Gasteiger partial charge >= 0.3 is 41.5 Å². The van der Waals surface area contributed by atoms with Gasteiger partial charge in [0.25, 0.3) is 0 Å². The Morgan fingerprint density at radius 3 is 1.67 bits per heavy atom. The predicted molar refractivity (Wildman–Crippen MR) is 181 cm³/mol. The number of rotatable bonds is 13. The topological polar surface area (TPSA) is 116 Å². The molecule has 0 bridgehead atoms. The summed E-state index contributed by atoms with van der Waals surface area (Å²) in [5, 5.41) is 11.9. The van der Waals surface area contributed by atoms with E-state index in [4.69, 9.17) is 41.4 Å². The molecule has 2 atom stereocenters. The Kier molecular flexibility index (Phi) is 40.1. The molecular weight excluding hydrogens is 844 g/mol. The van der Waals surface area contributed by atoms with Crippen molar-refractivity contribution in [1.82, 2.24) is 25.3 Å². The van der Waals surface area contributed by atoms with Crippen LogP contribution in [0.3, 0.4) is 0 Å². The molecular formula is C24H44BrIN5NaO4S6. The number of nitrogens with one attached hydrogen (secondary N) is 3. The number of nitrogens with zero attached hydrogens (tertiary/aromatic N) is 2. The second-order valence-electron chi connectivity index (χ2n) is 7.83. The Bertz CT molecular complexity index is 1050. The van der Waals surface area contributed by atoms with Crippen molar-refractivity contribution in [1.29, 1.82) is 0 Å². The van der Waals surface area contributed by atoms with E-state index in [-0.39, 0.29) is 75.5 Å². The average Bonchev–Trinajstić information content (AvgIpc) is 3.56. The minimum Gasteiger partial charge on any atom is -1.00 e. The maximum absolute atomic E-state index is 11.5. The molecule has 0 aliphatic rings. The summed E-state index contributed by atoms with van der Waals surface area (Å²) in [5.74, 6) is -0.368. The summed E-state index contributed by atoms with van der Waals surface area (Å²) in [7, 11) is 2.82. The number of esters is 2. The summed E-state index contributed by atoms with van der Waals surface area (Å²) >= 11 is 21.7. The molecule has 240 valence electrons. The van der Waals surface area contributed by atoms with Gasteiger partial charge in [-0.1, -0.05) is 111 Å². The Labute approximate surface area is 326 Å². The van der Waals surface area contributed by atoms with Crippen LogP contribution in [0.1, 0.15) is 73.1 Å². The standard InChI is InChI=1S/C9H14N2O2S3.C7H13BrO2.C6H15N.C2H2N2S3.HI.Na/c1-3-4-5-6(7(12)13-2)15-9-11-10-8(14)16-9;1-3-4-5-6(8)7(9)10-2;1-4-7(5-2)6-3;5-1-3-4-2(6)7-1;;/h6H,3-5H2,1-2H3,(H,10,14);6H,3-5H2,1-2H3;4-6H2,1-3H3;(H,3,5)(H,4,6);1H;/q;;;;;+1/p-1. The van der Waals surface area contributed by atoms with Crippen LogP contribution in [0.2, 0.25) is 0 Å².